The van der Waals surface area contributed by atoms with Crippen molar-refractivity contribution < 1.29 is 14.3 Å². The summed E-state index contributed by atoms with van der Waals surface area (Å²) in [6.07, 6.45) is -0.536. The average molecular weight is 269 g/mol. The van der Waals surface area contributed by atoms with E-state index in [-0.39, 0.29) is 5.11 Å². The molecule has 0 aliphatic carbocycles. The first-order valence-electron chi connectivity index (χ1n) is 5.25. The largest absolute Gasteiger partial charge is 0.494 e. The van der Waals surface area contributed by atoms with Crippen LogP contribution in [0.15, 0.2) is 18.2 Å². The molecule has 1 amide bonds. The number of rotatable bonds is 4. The number of carbonyl (C=O) groups excluding carboxylic acids is 1. The highest BCUT2D eigenvalue weighted by Crippen LogP contribution is 2.28. The number of hydrogen-bond acceptors (Lipinski definition) is 4. The van der Waals surface area contributed by atoms with Crippen LogP contribution in [0.25, 0.3) is 0 Å². The van der Waals surface area contributed by atoms with Crippen molar-refractivity contribution in [3.05, 3.63) is 18.2 Å². The van der Waals surface area contributed by atoms with Gasteiger partial charge in [0.05, 0.1) is 19.4 Å². The Bertz CT molecular complexity index is 451. The van der Waals surface area contributed by atoms with Crippen molar-refractivity contribution in [2.24, 2.45) is 5.73 Å². The smallest absolute Gasteiger partial charge is 0.411 e. The van der Waals surface area contributed by atoms with Crippen molar-refractivity contribution in [3.63, 3.8) is 0 Å². The van der Waals surface area contributed by atoms with E-state index in [2.05, 4.69) is 10.6 Å². The molecule has 4 N–H and O–H groups in total. The maximum absolute atomic E-state index is 11.3. The summed E-state index contributed by atoms with van der Waals surface area (Å²) in [6.45, 7) is 2.03. The molecule has 0 spiro atoms. The van der Waals surface area contributed by atoms with Crippen LogP contribution in [0.3, 0.4) is 0 Å². The topological polar surface area (TPSA) is 85.6 Å². The van der Waals surface area contributed by atoms with Crippen LogP contribution in [0.5, 0.6) is 5.75 Å². The Morgan fingerprint density at radius 3 is 2.72 bits per heavy atom. The van der Waals surface area contributed by atoms with Gasteiger partial charge in [0.2, 0.25) is 0 Å². The second-order valence-electron chi connectivity index (χ2n) is 3.25. The Balaban J connectivity index is 2.86. The van der Waals surface area contributed by atoms with Gasteiger partial charge in [0.15, 0.2) is 5.11 Å². The molecule has 0 fully saturated rings. The molecule has 0 saturated carbocycles. The van der Waals surface area contributed by atoms with Crippen LogP contribution in [-0.4, -0.2) is 24.9 Å². The lowest BCUT2D eigenvalue weighted by atomic mass is 10.2. The normalized spacial score (nSPS) is 9.44. The van der Waals surface area contributed by atoms with E-state index in [0.29, 0.717) is 23.7 Å². The SMILES string of the molecule is CCOC(=O)Nc1ccc(NC(N)=S)cc1OC. The van der Waals surface area contributed by atoms with Gasteiger partial charge in [-0.3, -0.25) is 5.32 Å². The third kappa shape index (κ3) is 4.10. The van der Waals surface area contributed by atoms with E-state index in [1.54, 1.807) is 25.1 Å². The Hall–Kier alpha value is -2.02. The fraction of sp³-hybridized carbons (Fsp3) is 0.273. The maximum Gasteiger partial charge on any atom is 0.411 e. The Morgan fingerprint density at radius 1 is 1.44 bits per heavy atom. The van der Waals surface area contributed by atoms with Crippen LogP contribution in [0.4, 0.5) is 16.2 Å². The zero-order chi connectivity index (χ0) is 13.5. The number of methoxy groups -OCH3 is 1. The fourth-order valence-corrected chi connectivity index (χ4v) is 1.41. The summed E-state index contributed by atoms with van der Waals surface area (Å²) < 4.78 is 9.93. The van der Waals surface area contributed by atoms with Gasteiger partial charge in [-0.05, 0) is 31.3 Å². The molecule has 1 aromatic rings. The maximum atomic E-state index is 11.3. The molecule has 1 rings (SSSR count). The minimum Gasteiger partial charge on any atom is -0.494 e. The second kappa shape index (κ2) is 6.65. The molecule has 0 unspecified atom stereocenters. The van der Waals surface area contributed by atoms with Crippen LogP contribution < -0.4 is 21.1 Å². The lowest BCUT2D eigenvalue weighted by Gasteiger charge is -2.12. The van der Waals surface area contributed by atoms with Crippen molar-refractivity contribution in [2.75, 3.05) is 24.4 Å². The molecule has 1 aromatic carbocycles. The van der Waals surface area contributed by atoms with Crippen molar-refractivity contribution in [2.45, 2.75) is 6.92 Å². The first kappa shape index (κ1) is 14.0. The summed E-state index contributed by atoms with van der Waals surface area (Å²) in [5, 5.41) is 5.49. The number of hydrogen-bond donors (Lipinski definition) is 3. The number of benzene rings is 1. The first-order chi connectivity index (χ1) is 8.56. The highest BCUT2D eigenvalue weighted by Gasteiger charge is 2.08. The Kier molecular flexibility index (Phi) is 5.19. The van der Waals surface area contributed by atoms with Gasteiger partial charge in [0.1, 0.15) is 5.75 Å². The van der Waals surface area contributed by atoms with Crippen LogP contribution >= 0.6 is 12.2 Å². The van der Waals surface area contributed by atoms with E-state index in [1.807, 2.05) is 0 Å². The lowest BCUT2D eigenvalue weighted by molar-refractivity contribution is 0.168. The van der Waals surface area contributed by atoms with Crippen LogP contribution in [0.1, 0.15) is 6.92 Å². The van der Waals surface area contributed by atoms with Gasteiger partial charge in [-0.15, -0.1) is 0 Å². The minimum absolute atomic E-state index is 0.156. The zero-order valence-electron chi connectivity index (χ0n) is 10.1. The number of amides is 1. The van der Waals surface area contributed by atoms with Crippen molar-refractivity contribution in [1.82, 2.24) is 0 Å². The van der Waals surface area contributed by atoms with Gasteiger partial charge in [0, 0.05) is 11.8 Å². The van der Waals surface area contributed by atoms with Gasteiger partial charge in [-0.1, -0.05) is 0 Å². The number of carbonyl (C=O) groups is 1. The molecular formula is C11H15N3O3S. The summed E-state index contributed by atoms with van der Waals surface area (Å²) in [5.41, 5.74) is 6.54. The molecule has 0 aromatic heterocycles. The second-order valence-corrected chi connectivity index (χ2v) is 3.69. The third-order valence-corrected chi connectivity index (χ3v) is 2.08. The minimum atomic E-state index is -0.536. The molecular weight excluding hydrogens is 254 g/mol. The Labute approximate surface area is 110 Å². The van der Waals surface area contributed by atoms with Gasteiger partial charge in [-0.25, -0.2) is 4.79 Å². The summed E-state index contributed by atoms with van der Waals surface area (Å²) in [5.74, 6) is 0.476. The number of thiocarbonyl (C=S) groups is 1. The monoisotopic (exact) mass is 269 g/mol. The van der Waals surface area contributed by atoms with E-state index in [4.69, 9.17) is 27.4 Å². The number of nitrogens with two attached hydrogens (primary N) is 1. The summed E-state index contributed by atoms with van der Waals surface area (Å²) in [4.78, 5) is 11.3. The van der Waals surface area contributed by atoms with Gasteiger partial charge in [0.25, 0.3) is 0 Å². The van der Waals surface area contributed by atoms with Crippen LogP contribution in [-0.2, 0) is 4.74 Å². The lowest BCUT2D eigenvalue weighted by Crippen LogP contribution is -2.19. The number of ether oxygens (including phenoxy) is 2. The molecule has 7 heteroatoms. The molecule has 0 saturated heterocycles. The van der Waals surface area contributed by atoms with Gasteiger partial charge < -0.3 is 20.5 Å². The molecule has 18 heavy (non-hydrogen) atoms. The first-order valence-corrected chi connectivity index (χ1v) is 5.66. The van der Waals surface area contributed by atoms with Crippen molar-refractivity contribution in [1.29, 1.82) is 0 Å². The molecule has 0 bridgehead atoms. The molecule has 6 nitrogen and oxygen atoms in total. The van der Waals surface area contributed by atoms with Gasteiger partial charge in [-0.2, -0.15) is 0 Å². The molecule has 0 aliphatic heterocycles. The van der Waals surface area contributed by atoms with Crippen LogP contribution in [0.2, 0.25) is 0 Å². The molecule has 0 heterocycles. The quantitative estimate of drug-likeness (QED) is 0.724. The predicted molar refractivity (Wildman–Crippen MR) is 74.0 cm³/mol. The van der Waals surface area contributed by atoms with E-state index >= 15 is 0 Å². The highest BCUT2D eigenvalue weighted by atomic mass is 32.1. The van der Waals surface area contributed by atoms with Crippen LogP contribution in [0, 0.1) is 0 Å². The highest BCUT2D eigenvalue weighted by molar-refractivity contribution is 7.80. The zero-order valence-corrected chi connectivity index (χ0v) is 11.0. The Morgan fingerprint density at radius 2 is 2.17 bits per heavy atom. The molecule has 0 aliphatic rings. The summed E-state index contributed by atoms with van der Waals surface area (Å²) in [6, 6.07) is 5.04. The number of nitrogens with one attached hydrogen (secondary N) is 2. The number of anilines is 2. The fourth-order valence-electron chi connectivity index (χ4n) is 1.29. The van der Waals surface area contributed by atoms with Gasteiger partial charge >= 0.3 is 6.09 Å². The van der Waals surface area contributed by atoms with E-state index in [9.17, 15) is 4.79 Å². The summed E-state index contributed by atoms with van der Waals surface area (Å²) >= 11 is 4.73. The predicted octanol–water partition coefficient (Wildman–Crippen LogP) is 1.92. The van der Waals surface area contributed by atoms with E-state index in [0.717, 1.165) is 0 Å². The average Bonchev–Trinajstić information content (AvgIpc) is 2.30. The molecule has 0 atom stereocenters. The van der Waals surface area contributed by atoms with E-state index < -0.39 is 6.09 Å². The van der Waals surface area contributed by atoms with Crippen molar-refractivity contribution in [3.8, 4) is 5.75 Å². The molecule has 98 valence electrons. The third-order valence-electron chi connectivity index (χ3n) is 1.98. The standard InChI is InChI=1S/C11H15N3O3S/c1-3-17-11(15)14-8-5-4-7(13-10(12)18)6-9(8)16-2/h4-6H,3H2,1-2H3,(H,14,15)(H3,12,13,18). The molecule has 0 radical (unpaired) electrons. The van der Waals surface area contributed by atoms with E-state index in [1.165, 1.54) is 7.11 Å². The van der Waals surface area contributed by atoms with Crippen molar-refractivity contribution >= 4 is 34.8 Å². The summed E-state index contributed by atoms with van der Waals surface area (Å²) in [7, 11) is 1.50.